The lowest BCUT2D eigenvalue weighted by atomic mass is 9.82. The van der Waals surface area contributed by atoms with E-state index in [0.717, 1.165) is 12.8 Å². The van der Waals surface area contributed by atoms with Crippen LogP contribution in [0.25, 0.3) is 0 Å². The highest BCUT2D eigenvalue weighted by molar-refractivity contribution is 8.13. The van der Waals surface area contributed by atoms with Gasteiger partial charge >= 0.3 is 0 Å². The normalized spacial score (nSPS) is 31.6. The molecule has 0 spiro atoms. The minimum absolute atomic E-state index is 0.00633. The van der Waals surface area contributed by atoms with E-state index >= 15 is 0 Å². The summed E-state index contributed by atoms with van der Waals surface area (Å²) in [4.78, 5) is 0. The molecule has 0 aromatic carbocycles. The Bertz CT molecular complexity index is 292. The third-order valence-electron chi connectivity index (χ3n) is 3.02. The number of hydrogen-bond acceptors (Lipinski definition) is 3. The Morgan fingerprint density at radius 2 is 1.75 bits per heavy atom. The van der Waals surface area contributed by atoms with Gasteiger partial charge in [0.25, 0.3) is 0 Å². The average molecular weight is 269 g/mol. The van der Waals surface area contributed by atoms with Crippen LogP contribution in [0.5, 0.6) is 0 Å². The molecular formula is C11H21ClO3S. The number of ether oxygens (including phenoxy) is 1. The minimum atomic E-state index is -3.36. The summed E-state index contributed by atoms with van der Waals surface area (Å²) in [5, 5.41) is 0. The van der Waals surface area contributed by atoms with E-state index in [9.17, 15) is 8.42 Å². The lowest BCUT2D eigenvalue weighted by molar-refractivity contribution is 0.00164. The van der Waals surface area contributed by atoms with Gasteiger partial charge in [0, 0.05) is 17.3 Å². The van der Waals surface area contributed by atoms with Gasteiger partial charge in [-0.1, -0.05) is 13.8 Å². The third-order valence-corrected chi connectivity index (χ3v) is 4.26. The summed E-state index contributed by atoms with van der Waals surface area (Å²) in [5.74, 6) is 1.43. The van der Waals surface area contributed by atoms with Crippen molar-refractivity contribution >= 4 is 19.7 Å². The van der Waals surface area contributed by atoms with Crippen molar-refractivity contribution in [3.05, 3.63) is 0 Å². The Balaban J connectivity index is 2.17. The van der Waals surface area contributed by atoms with Crippen molar-refractivity contribution in [2.45, 2.75) is 45.6 Å². The Morgan fingerprint density at radius 1 is 1.19 bits per heavy atom. The van der Waals surface area contributed by atoms with Crippen LogP contribution in [0, 0.1) is 11.8 Å². The van der Waals surface area contributed by atoms with E-state index in [1.165, 1.54) is 6.42 Å². The van der Waals surface area contributed by atoms with E-state index in [4.69, 9.17) is 15.4 Å². The molecule has 3 nitrogen and oxygen atoms in total. The van der Waals surface area contributed by atoms with Crippen LogP contribution in [0.15, 0.2) is 0 Å². The van der Waals surface area contributed by atoms with Gasteiger partial charge in [0.1, 0.15) is 0 Å². The molecule has 0 bridgehead atoms. The zero-order chi connectivity index (χ0) is 12.2. The molecule has 5 heteroatoms. The molecule has 2 unspecified atom stereocenters. The second-order valence-electron chi connectivity index (χ2n) is 5.01. The Labute approximate surface area is 103 Å². The molecule has 0 aromatic rings. The number of hydrogen-bond donors (Lipinski definition) is 0. The molecular weight excluding hydrogens is 248 g/mol. The van der Waals surface area contributed by atoms with E-state index < -0.39 is 9.05 Å². The van der Waals surface area contributed by atoms with Crippen molar-refractivity contribution in [2.24, 2.45) is 11.8 Å². The van der Waals surface area contributed by atoms with Crippen LogP contribution in [0.2, 0.25) is 0 Å². The third kappa shape index (κ3) is 6.06. The summed E-state index contributed by atoms with van der Waals surface area (Å²) >= 11 is 0. The summed E-state index contributed by atoms with van der Waals surface area (Å²) in [5.41, 5.74) is 0. The van der Waals surface area contributed by atoms with Gasteiger partial charge in [0.15, 0.2) is 0 Å². The van der Waals surface area contributed by atoms with Gasteiger partial charge in [-0.25, -0.2) is 8.42 Å². The fraction of sp³-hybridized carbons (Fsp3) is 1.00. The Hall–Kier alpha value is 0.200. The highest BCUT2D eigenvalue weighted by Crippen LogP contribution is 2.30. The molecule has 0 radical (unpaired) electrons. The first-order valence-electron chi connectivity index (χ1n) is 5.90. The van der Waals surface area contributed by atoms with Gasteiger partial charge in [-0.3, -0.25) is 0 Å². The van der Waals surface area contributed by atoms with E-state index in [1.807, 2.05) is 0 Å². The smallest absolute Gasteiger partial charge is 0.232 e. The second kappa shape index (κ2) is 6.22. The number of halogens is 1. The summed E-state index contributed by atoms with van der Waals surface area (Å²) in [6.07, 6.45) is 4.26. The van der Waals surface area contributed by atoms with Crippen molar-refractivity contribution in [3.8, 4) is 0 Å². The van der Waals surface area contributed by atoms with Crippen molar-refractivity contribution < 1.29 is 13.2 Å². The average Bonchev–Trinajstić information content (AvgIpc) is 2.09. The van der Waals surface area contributed by atoms with Crippen molar-refractivity contribution in [1.82, 2.24) is 0 Å². The van der Waals surface area contributed by atoms with Gasteiger partial charge in [0.05, 0.1) is 11.9 Å². The SMILES string of the molecule is CC1CC(C)CC(OCCCS(=O)(=O)Cl)C1. The molecule has 0 saturated heterocycles. The van der Waals surface area contributed by atoms with Crippen LogP contribution in [-0.4, -0.2) is 26.9 Å². The van der Waals surface area contributed by atoms with Crippen LogP contribution >= 0.6 is 10.7 Å². The summed E-state index contributed by atoms with van der Waals surface area (Å²) in [6.45, 7) is 4.99. The lowest BCUT2D eigenvalue weighted by Crippen LogP contribution is -2.26. The molecule has 0 aromatic heterocycles. The second-order valence-corrected chi connectivity index (χ2v) is 7.90. The Morgan fingerprint density at radius 3 is 2.25 bits per heavy atom. The van der Waals surface area contributed by atoms with Gasteiger partial charge in [-0.2, -0.15) is 0 Å². The largest absolute Gasteiger partial charge is 0.378 e. The first kappa shape index (κ1) is 14.3. The molecule has 0 N–H and O–H groups in total. The van der Waals surface area contributed by atoms with E-state index in [2.05, 4.69) is 13.8 Å². The molecule has 0 amide bonds. The fourth-order valence-electron chi connectivity index (χ4n) is 2.49. The summed E-state index contributed by atoms with van der Waals surface area (Å²) < 4.78 is 27.1. The van der Waals surface area contributed by atoms with Crippen LogP contribution in [-0.2, 0) is 13.8 Å². The van der Waals surface area contributed by atoms with Gasteiger partial charge in [-0.15, -0.1) is 0 Å². The lowest BCUT2D eigenvalue weighted by Gasteiger charge is -2.31. The number of rotatable bonds is 5. The van der Waals surface area contributed by atoms with Crippen molar-refractivity contribution in [1.29, 1.82) is 0 Å². The molecule has 1 aliphatic rings. The van der Waals surface area contributed by atoms with Crippen molar-refractivity contribution in [3.63, 3.8) is 0 Å². The first-order chi connectivity index (χ1) is 7.37. The monoisotopic (exact) mass is 268 g/mol. The predicted octanol–water partition coefficient (Wildman–Crippen LogP) is 2.79. The maximum Gasteiger partial charge on any atom is 0.232 e. The van der Waals surface area contributed by atoms with Crippen molar-refractivity contribution in [2.75, 3.05) is 12.4 Å². The first-order valence-corrected chi connectivity index (χ1v) is 8.38. The molecule has 1 fully saturated rings. The molecule has 1 rings (SSSR count). The molecule has 1 saturated carbocycles. The van der Waals surface area contributed by atoms with Crippen LogP contribution in [0.4, 0.5) is 0 Å². The molecule has 0 aliphatic heterocycles. The fourth-order valence-corrected chi connectivity index (χ4v) is 3.28. The quantitative estimate of drug-likeness (QED) is 0.569. The minimum Gasteiger partial charge on any atom is -0.378 e. The van der Waals surface area contributed by atoms with Crippen LogP contribution in [0.1, 0.15) is 39.5 Å². The van der Waals surface area contributed by atoms with E-state index in [-0.39, 0.29) is 5.75 Å². The van der Waals surface area contributed by atoms with Gasteiger partial charge in [0.2, 0.25) is 9.05 Å². The summed E-state index contributed by atoms with van der Waals surface area (Å²) in [6, 6.07) is 0. The summed E-state index contributed by atoms with van der Waals surface area (Å²) in [7, 11) is 1.76. The molecule has 96 valence electrons. The predicted molar refractivity (Wildman–Crippen MR) is 66.2 cm³/mol. The van der Waals surface area contributed by atoms with Gasteiger partial charge < -0.3 is 4.74 Å². The standard InChI is InChI=1S/C11H21ClO3S/c1-9-6-10(2)8-11(7-9)15-4-3-5-16(12,13)14/h9-11H,3-8H2,1-2H3. The zero-order valence-corrected chi connectivity index (χ0v) is 11.6. The Kier molecular flexibility index (Phi) is 5.54. The zero-order valence-electron chi connectivity index (χ0n) is 9.99. The van der Waals surface area contributed by atoms with Gasteiger partial charge in [-0.05, 0) is 37.5 Å². The topological polar surface area (TPSA) is 43.4 Å². The maximum atomic E-state index is 10.7. The van der Waals surface area contributed by atoms with Crippen LogP contribution < -0.4 is 0 Å². The molecule has 0 heterocycles. The van der Waals surface area contributed by atoms with E-state index in [1.54, 1.807) is 0 Å². The maximum absolute atomic E-state index is 10.7. The highest BCUT2D eigenvalue weighted by atomic mass is 35.7. The molecule has 16 heavy (non-hydrogen) atoms. The van der Waals surface area contributed by atoms with E-state index in [0.29, 0.717) is 31.0 Å². The van der Waals surface area contributed by atoms with Crippen LogP contribution in [0.3, 0.4) is 0 Å². The highest BCUT2D eigenvalue weighted by Gasteiger charge is 2.24. The molecule has 1 aliphatic carbocycles. The molecule has 2 atom stereocenters.